The minimum Gasteiger partial charge on any atom is -0.467 e. The van der Waals surface area contributed by atoms with Gasteiger partial charge in [0, 0.05) is 38.8 Å². The van der Waals surface area contributed by atoms with Crippen molar-refractivity contribution in [2.75, 3.05) is 45.9 Å². The van der Waals surface area contributed by atoms with Crippen LogP contribution in [0.5, 0.6) is 5.88 Å². The summed E-state index contributed by atoms with van der Waals surface area (Å²) in [6.45, 7) is 7.32. The maximum absolute atomic E-state index is 14.4. The van der Waals surface area contributed by atoms with E-state index in [1.165, 1.54) is 39.0 Å². The Bertz CT molecular complexity index is 1890. The van der Waals surface area contributed by atoms with E-state index in [1.54, 1.807) is 27.7 Å². The second-order valence-electron chi connectivity index (χ2n) is 14.2. The van der Waals surface area contributed by atoms with Gasteiger partial charge in [-0.2, -0.15) is 5.10 Å². The van der Waals surface area contributed by atoms with E-state index >= 15 is 0 Å². The molecule has 3 heterocycles. The fourth-order valence-electron chi connectivity index (χ4n) is 6.25. The Labute approximate surface area is 323 Å². The number of amides is 4. The van der Waals surface area contributed by atoms with Crippen molar-refractivity contribution in [3.63, 3.8) is 0 Å². The number of aromatic nitrogens is 2. The molecule has 4 amide bonds. The standard InChI is InChI=1S/C39H47FN6O10/c1-5-53-38(52)44-19-17-43(18-20-44)36(50)30(23-34(48)56-39(2,3)4)41-35(49)29-22-33(46(42-29)28-14-9-13-27(40)21-28)54-25-32(47)45-16-10-15-31(45)37(51)55-24-26-11-7-6-8-12-26/h6-9,11-14,21-22,30-31H,5,10,15-20,23-25H2,1-4H3,(H,41,49)/t30-,31-/m0/s1. The number of hydrogen-bond acceptors (Lipinski definition) is 11. The van der Waals surface area contributed by atoms with E-state index in [2.05, 4.69) is 10.4 Å². The maximum atomic E-state index is 14.4. The normalized spacial score (nSPS) is 16.2. The Kier molecular flexibility index (Phi) is 13.6. The van der Waals surface area contributed by atoms with Crippen molar-refractivity contribution in [3.05, 3.63) is 77.7 Å². The summed E-state index contributed by atoms with van der Waals surface area (Å²) in [5.74, 6) is -3.97. The summed E-state index contributed by atoms with van der Waals surface area (Å²) in [5, 5.41) is 6.91. The van der Waals surface area contributed by atoms with Crippen LogP contribution in [0.25, 0.3) is 5.69 Å². The third-order valence-corrected chi connectivity index (χ3v) is 8.89. The molecule has 0 radical (unpaired) electrons. The lowest BCUT2D eigenvalue weighted by Gasteiger charge is -2.35. The molecule has 2 fully saturated rings. The van der Waals surface area contributed by atoms with E-state index in [1.807, 2.05) is 30.3 Å². The largest absolute Gasteiger partial charge is 0.467 e. The lowest BCUT2D eigenvalue weighted by Crippen LogP contribution is -2.56. The highest BCUT2D eigenvalue weighted by atomic mass is 19.1. The fourth-order valence-corrected chi connectivity index (χ4v) is 6.25. The van der Waals surface area contributed by atoms with Crippen LogP contribution in [0.15, 0.2) is 60.7 Å². The average molecular weight is 779 g/mol. The van der Waals surface area contributed by atoms with Crippen LogP contribution in [0.3, 0.4) is 0 Å². The first-order chi connectivity index (χ1) is 26.7. The van der Waals surface area contributed by atoms with Gasteiger partial charge in [0.25, 0.3) is 11.8 Å². The number of carbonyl (C=O) groups is 6. The van der Waals surface area contributed by atoms with E-state index in [0.717, 1.165) is 16.3 Å². The number of nitrogens with one attached hydrogen (secondary N) is 1. The van der Waals surface area contributed by atoms with Crippen molar-refractivity contribution >= 4 is 35.8 Å². The van der Waals surface area contributed by atoms with Gasteiger partial charge in [-0.05, 0) is 64.3 Å². The van der Waals surface area contributed by atoms with Gasteiger partial charge in [0.1, 0.15) is 30.1 Å². The van der Waals surface area contributed by atoms with Gasteiger partial charge in [-0.1, -0.05) is 36.4 Å². The Morgan fingerprint density at radius 2 is 1.62 bits per heavy atom. The first-order valence-electron chi connectivity index (χ1n) is 18.4. The first kappa shape index (κ1) is 41.2. The average Bonchev–Trinajstić information content (AvgIpc) is 3.84. The molecule has 2 aliphatic heterocycles. The Morgan fingerprint density at radius 3 is 2.30 bits per heavy atom. The minimum atomic E-state index is -1.38. The molecule has 0 unspecified atom stereocenters. The van der Waals surface area contributed by atoms with Gasteiger partial charge >= 0.3 is 18.0 Å². The summed E-state index contributed by atoms with van der Waals surface area (Å²) in [6.07, 6.45) is -0.0250. The summed E-state index contributed by atoms with van der Waals surface area (Å²) < 4.78 is 37.3. The van der Waals surface area contributed by atoms with Gasteiger partial charge in [-0.3, -0.25) is 19.2 Å². The predicted molar refractivity (Wildman–Crippen MR) is 197 cm³/mol. The third kappa shape index (κ3) is 11.0. The number of esters is 2. The van der Waals surface area contributed by atoms with E-state index in [4.69, 9.17) is 18.9 Å². The number of halogens is 1. The molecule has 16 nitrogen and oxygen atoms in total. The van der Waals surface area contributed by atoms with Crippen molar-refractivity contribution in [2.24, 2.45) is 0 Å². The van der Waals surface area contributed by atoms with Gasteiger partial charge in [-0.15, -0.1) is 0 Å². The van der Waals surface area contributed by atoms with Crippen LogP contribution >= 0.6 is 0 Å². The molecule has 2 aromatic carbocycles. The number of carbonyl (C=O) groups excluding carboxylic acids is 6. The fraction of sp³-hybridized carbons (Fsp3) is 0.462. The van der Waals surface area contributed by atoms with Crippen LogP contribution in [-0.2, 0) is 40.0 Å². The highest BCUT2D eigenvalue weighted by Gasteiger charge is 2.37. The van der Waals surface area contributed by atoms with Crippen molar-refractivity contribution < 1.29 is 52.1 Å². The minimum absolute atomic E-state index is 0.0582. The van der Waals surface area contributed by atoms with E-state index in [0.29, 0.717) is 19.4 Å². The zero-order valence-electron chi connectivity index (χ0n) is 31.9. The van der Waals surface area contributed by atoms with Crippen molar-refractivity contribution in [3.8, 4) is 11.6 Å². The molecule has 2 saturated heterocycles. The second-order valence-corrected chi connectivity index (χ2v) is 14.2. The lowest BCUT2D eigenvalue weighted by atomic mass is 10.1. The summed E-state index contributed by atoms with van der Waals surface area (Å²) in [6, 6.07) is 13.5. The molecule has 2 atom stereocenters. The number of benzene rings is 2. The van der Waals surface area contributed by atoms with E-state index in [-0.39, 0.29) is 56.7 Å². The summed E-state index contributed by atoms with van der Waals surface area (Å²) in [7, 11) is 0. The zero-order valence-corrected chi connectivity index (χ0v) is 31.9. The maximum Gasteiger partial charge on any atom is 0.409 e. The SMILES string of the molecule is CCOC(=O)N1CCN(C(=O)[C@H](CC(=O)OC(C)(C)C)NC(=O)c2cc(OCC(=O)N3CCC[C@H]3C(=O)OCc3ccccc3)n(-c3cccc(F)c3)n2)CC1. The zero-order chi connectivity index (χ0) is 40.4. The molecular formula is C39H47FN6O10. The summed E-state index contributed by atoms with van der Waals surface area (Å²) in [4.78, 5) is 83.4. The predicted octanol–water partition coefficient (Wildman–Crippen LogP) is 3.26. The quantitative estimate of drug-likeness (QED) is 0.199. The van der Waals surface area contributed by atoms with Crippen LogP contribution in [0, 0.1) is 5.82 Å². The van der Waals surface area contributed by atoms with Crippen molar-refractivity contribution in [2.45, 2.75) is 71.2 Å². The molecule has 1 aromatic heterocycles. The second kappa shape index (κ2) is 18.6. The van der Waals surface area contributed by atoms with E-state index in [9.17, 15) is 33.2 Å². The van der Waals surface area contributed by atoms with Gasteiger partial charge in [0.15, 0.2) is 12.3 Å². The Hall–Kier alpha value is -6.00. The molecule has 3 aromatic rings. The van der Waals surface area contributed by atoms with Crippen LogP contribution in [0.4, 0.5) is 9.18 Å². The molecule has 0 spiro atoms. The van der Waals surface area contributed by atoms with Crippen LogP contribution < -0.4 is 10.1 Å². The number of likely N-dealkylation sites (tertiary alicyclic amines) is 1. The molecule has 17 heteroatoms. The van der Waals surface area contributed by atoms with Crippen molar-refractivity contribution in [1.29, 1.82) is 0 Å². The number of piperazine rings is 1. The van der Waals surface area contributed by atoms with Crippen LogP contribution in [0.2, 0.25) is 0 Å². The molecule has 0 aliphatic carbocycles. The Balaban J connectivity index is 1.31. The molecule has 56 heavy (non-hydrogen) atoms. The van der Waals surface area contributed by atoms with Gasteiger partial charge < -0.3 is 39.0 Å². The topological polar surface area (TPSA) is 179 Å². The lowest BCUT2D eigenvalue weighted by molar-refractivity contribution is -0.157. The highest BCUT2D eigenvalue weighted by molar-refractivity contribution is 5.98. The van der Waals surface area contributed by atoms with E-state index < -0.39 is 72.3 Å². The molecular weight excluding hydrogens is 731 g/mol. The number of nitrogens with zero attached hydrogens (tertiary/aromatic N) is 5. The highest BCUT2D eigenvalue weighted by Crippen LogP contribution is 2.23. The van der Waals surface area contributed by atoms with Crippen LogP contribution in [0.1, 0.15) is 63.0 Å². The number of hydrogen-bond donors (Lipinski definition) is 1. The monoisotopic (exact) mass is 778 g/mol. The summed E-state index contributed by atoms with van der Waals surface area (Å²) in [5.41, 5.74) is -0.171. The molecule has 2 aliphatic rings. The summed E-state index contributed by atoms with van der Waals surface area (Å²) >= 11 is 0. The van der Waals surface area contributed by atoms with Crippen molar-refractivity contribution in [1.82, 2.24) is 29.8 Å². The molecule has 1 N–H and O–H groups in total. The van der Waals surface area contributed by atoms with Gasteiger partial charge in [0.05, 0.1) is 18.7 Å². The first-order valence-corrected chi connectivity index (χ1v) is 18.4. The number of rotatable bonds is 13. The van der Waals surface area contributed by atoms with Gasteiger partial charge in [-0.25, -0.2) is 18.7 Å². The van der Waals surface area contributed by atoms with Crippen LogP contribution in [-0.4, -0.2) is 124 Å². The molecule has 5 rings (SSSR count). The third-order valence-electron chi connectivity index (χ3n) is 8.89. The molecule has 0 saturated carbocycles. The molecule has 300 valence electrons. The number of ether oxygens (including phenoxy) is 4. The Morgan fingerprint density at radius 1 is 0.911 bits per heavy atom. The smallest absolute Gasteiger partial charge is 0.409 e. The van der Waals surface area contributed by atoms with Gasteiger partial charge in [0.2, 0.25) is 11.8 Å². The molecule has 0 bridgehead atoms.